The van der Waals surface area contributed by atoms with Gasteiger partial charge in [-0.25, -0.2) is 9.59 Å². The van der Waals surface area contributed by atoms with Crippen LogP contribution in [-0.4, -0.2) is 39.5 Å². The fourth-order valence-corrected chi connectivity index (χ4v) is 5.78. The van der Waals surface area contributed by atoms with Gasteiger partial charge < -0.3 is 20.4 Å². The molecule has 37 heavy (non-hydrogen) atoms. The molecule has 1 amide bonds. The summed E-state index contributed by atoms with van der Waals surface area (Å²) in [5, 5.41) is 12.0. The number of carbonyl (C=O) groups excluding carboxylic acids is 1. The van der Waals surface area contributed by atoms with E-state index in [9.17, 15) is 14.7 Å². The van der Waals surface area contributed by atoms with Crippen molar-refractivity contribution in [3.8, 4) is 0 Å². The lowest BCUT2D eigenvalue weighted by Gasteiger charge is -2.42. The van der Waals surface area contributed by atoms with E-state index >= 15 is 0 Å². The van der Waals surface area contributed by atoms with Crippen LogP contribution in [0.2, 0.25) is 5.02 Å². The predicted molar refractivity (Wildman–Crippen MR) is 143 cm³/mol. The number of halogens is 1. The topological polar surface area (TPSA) is 115 Å². The van der Waals surface area contributed by atoms with Crippen LogP contribution in [-0.2, 0) is 16.0 Å². The molecule has 200 valence electrons. The molecule has 1 heterocycles. The highest BCUT2D eigenvalue weighted by Crippen LogP contribution is 2.50. The van der Waals surface area contributed by atoms with Crippen LogP contribution in [0.4, 0.5) is 15.3 Å². The number of carbonyl (C=O) groups is 2. The van der Waals surface area contributed by atoms with E-state index in [1.165, 1.54) is 0 Å². The van der Waals surface area contributed by atoms with Crippen molar-refractivity contribution in [1.29, 1.82) is 0 Å². The summed E-state index contributed by atoms with van der Waals surface area (Å²) in [4.78, 5) is 34.3. The molecule has 1 aromatic heterocycles. The van der Waals surface area contributed by atoms with E-state index in [1.54, 1.807) is 20.8 Å². The number of nitrogen functional groups attached to an aromatic ring is 1. The smallest absolute Gasteiger partial charge is 0.463 e. The van der Waals surface area contributed by atoms with Crippen molar-refractivity contribution in [2.75, 3.05) is 12.3 Å². The molecule has 0 fully saturated rings. The minimum absolute atomic E-state index is 0.000157. The van der Waals surface area contributed by atoms with Gasteiger partial charge in [-0.3, -0.25) is 4.98 Å². The van der Waals surface area contributed by atoms with Gasteiger partial charge in [0.1, 0.15) is 5.60 Å². The average molecular weight is 530 g/mol. The van der Waals surface area contributed by atoms with Crippen molar-refractivity contribution in [3.63, 3.8) is 0 Å². The SMILES string of the molecule is CC(C)(C)OC(=O)ON(CC(C1=CC2Cc3nc4cc(Cl)ccc4c(N)c3C(C1)C2)C(C)(C)C)C(=O)O. The van der Waals surface area contributed by atoms with Crippen molar-refractivity contribution < 1.29 is 24.3 Å². The molecule has 2 aromatic rings. The summed E-state index contributed by atoms with van der Waals surface area (Å²) in [5.74, 6) is 0.252. The first-order valence-electron chi connectivity index (χ1n) is 12.6. The number of anilines is 1. The predicted octanol–water partition coefficient (Wildman–Crippen LogP) is 6.96. The summed E-state index contributed by atoms with van der Waals surface area (Å²) >= 11 is 6.20. The molecular formula is C28H36ClN3O5. The molecule has 3 unspecified atom stereocenters. The fraction of sp³-hybridized carbons (Fsp3) is 0.536. The normalized spacial score (nSPS) is 20.0. The molecule has 0 aliphatic heterocycles. The first-order valence-corrected chi connectivity index (χ1v) is 13.0. The van der Waals surface area contributed by atoms with Gasteiger partial charge in [-0.2, -0.15) is 0 Å². The Morgan fingerprint density at radius 1 is 1.22 bits per heavy atom. The Hall–Kier alpha value is -3.00. The second kappa shape index (κ2) is 9.71. The van der Waals surface area contributed by atoms with Gasteiger partial charge in [0, 0.05) is 33.3 Å². The molecule has 2 aliphatic carbocycles. The van der Waals surface area contributed by atoms with Gasteiger partial charge in [-0.1, -0.05) is 44.0 Å². The molecule has 9 heteroatoms. The van der Waals surface area contributed by atoms with E-state index in [2.05, 4.69) is 26.8 Å². The Balaban J connectivity index is 1.63. The van der Waals surface area contributed by atoms with Gasteiger partial charge in [-0.15, -0.1) is 5.06 Å². The number of allylic oxidation sites excluding steroid dienone is 1. The van der Waals surface area contributed by atoms with E-state index in [-0.39, 0.29) is 29.7 Å². The molecule has 0 radical (unpaired) electrons. The summed E-state index contributed by atoms with van der Waals surface area (Å²) in [6, 6.07) is 5.59. The number of fused-ring (bicyclic) bond motifs is 5. The number of rotatable bonds is 3. The highest BCUT2D eigenvalue weighted by atomic mass is 35.5. The summed E-state index contributed by atoms with van der Waals surface area (Å²) in [7, 11) is 0. The average Bonchev–Trinajstić information content (AvgIpc) is 2.73. The molecule has 0 saturated heterocycles. The maximum Gasteiger partial charge on any atom is 0.534 e. The van der Waals surface area contributed by atoms with Gasteiger partial charge in [-0.05, 0) is 75.5 Å². The second-order valence-corrected chi connectivity index (χ2v) is 12.6. The van der Waals surface area contributed by atoms with Crippen molar-refractivity contribution in [1.82, 2.24) is 10.0 Å². The van der Waals surface area contributed by atoms with E-state index in [1.807, 2.05) is 18.2 Å². The number of hydrogen-bond acceptors (Lipinski definition) is 6. The monoisotopic (exact) mass is 529 g/mol. The van der Waals surface area contributed by atoms with Crippen LogP contribution in [0.5, 0.6) is 0 Å². The number of hydrogen-bond donors (Lipinski definition) is 2. The second-order valence-electron chi connectivity index (χ2n) is 12.2. The van der Waals surface area contributed by atoms with Gasteiger partial charge in [0.25, 0.3) is 0 Å². The van der Waals surface area contributed by atoms with Gasteiger partial charge in [0.05, 0.1) is 12.1 Å². The minimum atomic E-state index is -1.35. The van der Waals surface area contributed by atoms with Gasteiger partial charge in [0.15, 0.2) is 0 Å². The molecule has 3 N–H and O–H groups in total. The molecule has 1 aromatic carbocycles. The standard InChI is InChI=1S/C28H36ClN3O5/c1-27(2,3)20(14-32(25(33)34)37-26(35)36-28(4,5)6)16-9-15-10-17(12-16)23-22(11-15)31-21-13-18(29)7-8-19(21)24(23)30/h7-9,13,15,17,20H,10-12,14H2,1-6H3,(H2,30,31)(H,33,34). The van der Waals surface area contributed by atoms with Crippen molar-refractivity contribution >= 4 is 40.4 Å². The Morgan fingerprint density at radius 2 is 1.92 bits per heavy atom. The molecule has 4 rings (SSSR count). The third-order valence-corrected chi connectivity index (χ3v) is 7.35. The fourth-order valence-electron chi connectivity index (χ4n) is 5.61. The number of pyridine rings is 1. The maximum atomic E-state index is 12.3. The third-order valence-electron chi connectivity index (χ3n) is 7.12. The Morgan fingerprint density at radius 3 is 2.54 bits per heavy atom. The zero-order valence-corrected chi connectivity index (χ0v) is 23.1. The molecule has 0 saturated carbocycles. The molecule has 0 spiro atoms. The summed E-state index contributed by atoms with van der Waals surface area (Å²) in [5.41, 5.74) is 10.4. The highest BCUT2D eigenvalue weighted by Gasteiger charge is 2.40. The lowest BCUT2D eigenvalue weighted by atomic mass is 9.65. The Kier molecular flexibility index (Phi) is 7.10. The molecule has 3 atom stereocenters. The van der Waals surface area contributed by atoms with Gasteiger partial charge in [0.2, 0.25) is 0 Å². The molecule has 2 aliphatic rings. The first kappa shape index (κ1) is 27.0. The number of amides is 1. The van der Waals surface area contributed by atoms with Crippen LogP contribution in [0.3, 0.4) is 0 Å². The number of nitrogens with two attached hydrogens (primary N) is 1. The van der Waals surface area contributed by atoms with Crippen LogP contribution in [0.25, 0.3) is 10.9 Å². The zero-order chi connectivity index (χ0) is 27.3. The van der Waals surface area contributed by atoms with Crippen LogP contribution in [0.1, 0.15) is 71.6 Å². The van der Waals surface area contributed by atoms with Crippen LogP contribution >= 0.6 is 11.6 Å². The van der Waals surface area contributed by atoms with Crippen LogP contribution in [0.15, 0.2) is 29.8 Å². The zero-order valence-electron chi connectivity index (χ0n) is 22.3. The Bertz CT molecular complexity index is 1260. The van der Waals surface area contributed by atoms with Crippen molar-refractivity contribution in [3.05, 3.63) is 46.1 Å². The third kappa shape index (κ3) is 5.95. The van der Waals surface area contributed by atoms with Gasteiger partial charge >= 0.3 is 12.2 Å². The maximum absolute atomic E-state index is 12.3. The number of aromatic nitrogens is 1. The molecule has 2 bridgehead atoms. The van der Waals surface area contributed by atoms with E-state index in [4.69, 9.17) is 31.9 Å². The van der Waals surface area contributed by atoms with Crippen LogP contribution in [0, 0.1) is 17.3 Å². The van der Waals surface area contributed by atoms with E-state index in [0.717, 1.165) is 52.7 Å². The first-order chi connectivity index (χ1) is 17.1. The van der Waals surface area contributed by atoms with E-state index < -0.39 is 17.8 Å². The van der Waals surface area contributed by atoms with Crippen molar-refractivity contribution in [2.45, 2.75) is 72.3 Å². The highest BCUT2D eigenvalue weighted by molar-refractivity contribution is 6.31. The number of hydroxylamine groups is 2. The summed E-state index contributed by atoms with van der Waals surface area (Å²) < 4.78 is 5.18. The van der Waals surface area contributed by atoms with Crippen LogP contribution < -0.4 is 5.73 Å². The number of ether oxygens (including phenoxy) is 1. The quantitative estimate of drug-likeness (QED) is 0.251. The van der Waals surface area contributed by atoms with Crippen molar-refractivity contribution in [2.24, 2.45) is 17.3 Å². The lowest BCUT2D eigenvalue weighted by molar-refractivity contribution is -0.130. The number of carboxylic acid groups (broad SMARTS) is 1. The summed E-state index contributed by atoms with van der Waals surface area (Å²) in [6.45, 7) is 11.3. The lowest BCUT2D eigenvalue weighted by Crippen LogP contribution is -2.42. The molecular weight excluding hydrogens is 494 g/mol. The molecule has 8 nitrogen and oxygen atoms in total. The largest absolute Gasteiger partial charge is 0.534 e. The van der Waals surface area contributed by atoms with E-state index in [0.29, 0.717) is 10.1 Å². The number of benzene rings is 1. The number of nitrogens with zero attached hydrogens (tertiary/aromatic N) is 2. The Labute approximate surface area is 222 Å². The summed E-state index contributed by atoms with van der Waals surface area (Å²) in [6.07, 6.45) is 2.34. The minimum Gasteiger partial charge on any atom is -0.463 e.